The van der Waals surface area contributed by atoms with Gasteiger partial charge in [0.05, 0.1) is 12.5 Å². The Morgan fingerprint density at radius 1 is 1.16 bits per heavy atom. The van der Waals surface area contributed by atoms with Crippen molar-refractivity contribution in [1.29, 1.82) is 0 Å². The normalized spacial score (nSPS) is 11.3. The fraction of sp³-hybridized carbons (Fsp3) is 0.833. The second kappa shape index (κ2) is 9.91. The number of sulfone groups is 1. The van der Waals surface area contributed by atoms with Crippen LogP contribution in [-0.2, 0) is 24.2 Å². The highest BCUT2D eigenvalue weighted by Crippen LogP contribution is 2.00. The van der Waals surface area contributed by atoms with Gasteiger partial charge in [-0.05, 0) is 33.2 Å². The molecule has 19 heavy (non-hydrogen) atoms. The van der Waals surface area contributed by atoms with Crippen molar-refractivity contribution in [2.75, 3.05) is 24.8 Å². The van der Waals surface area contributed by atoms with Crippen LogP contribution in [0.3, 0.4) is 0 Å². The Labute approximate surface area is 114 Å². The third kappa shape index (κ3) is 11.9. The van der Waals surface area contributed by atoms with Crippen LogP contribution in [0.1, 0.15) is 39.5 Å². The molecule has 0 amide bonds. The van der Waals surface area contributed by atoms with Gasteiger partial charge in [0, 0.05) is 6.42 Å². The van der Waals surface area contributed by atoms with Gasteiger partial charge in [-0.2, -0.15) is 0 Å². The summed E-state index contributed by atoms with van der Waals surface area (Å²) in [7, 11) is -3.33. The number of Topliss-reactive ketones (excluding diaryl/α,β-unsaturated/α-hetero) is 1. The van der Waals surface area contributed by atoms with E-state index in [1.54, 1.807) is 6.92 Å². The van der Waals surface area contributed by atoms with Crippen molar-refractivity contribution in [2.45, 2.75) is 39.5 Å². The average molecular weight is 293 g/mol. The predicted octanol–water partition coefficient (Wildman–Crippen LogP) is 0.661. The van der Waals surface area contributed by atoms with E-state index in [-0.39, 0.29) is 17.6 Å². The van der Waals surface area contributed by atoms with Crippen LogP contribution in [0.25, 0.3) is 0 Å². The number of carbonyl (C=O) groups excluding carboxylic acids is 2. The van der Waals surface area contributed by atoms with Gasteiger partial charge in [-0.25, -0.2) is 8.42 Å². The lowest BCUT2D eigenvalue weighted by atomic mass is 10.2. The SMILES string of the molecule is CCOC(=O)CCCCCNCS(=O)(=O)CC(C)=O. The first kappa shape index (κ1) is 18.0. The van der Waals surface area contributed by atoms with E-state index in [2.05, 4.69) is 5.32 Å². The topological polar surface area (TPSA) is 89.5 Å². The highest BCUT2D eigenvalue weighted by molar-refractivity contribution is 7.92. The molecule has 0 radical (unpaired) electrons. The molecular weight excluding hydrogens is 270 g/mol. The fourth-order valence-electron chi connectivity index (χ4n) is 1.52. The number of hydrogen-bond donors (Lipinski definition) is 1. The lowest BCUT2D eigenvalue weighted by Gasteiger charge is -2.05. The van der Waals surface area contributed by atoms with Gasteiger partial charge >= 0.3 is 5.97 Å². The molecule has 0 aliphatic carbocycles. The molecule has 112 valence electrons. The minimum absolute atomic E-state index is 0.176. The summed E-state index contributed by atoms with van der Waals surface area (Å²) in [5, 5.41) is 2.79. The maximum absolute atomic E-state index is 11.3. The van der Waals surface area contributed by atoms with Crippen LogP contribution < -0.4 is 5.32 Å². The molecule has 7 heteroatoms. The quantitative estimate of drug-likeness (QED) is 0.444. The molecule has 0 atom stereocenters. The maximum Gasteiger partial charge on any atom is 0.305 e. The van der Waals surface area contributed by atoms with E-state index in [1.807, 2.05) is 0 Å². The maximum atomic E-state index is 11.3. The molecule has 0 spiro atoms. The van der Waals surface area contributed by atoms with Crippen molar-refractivity contribution in [3.8, 4) is 0 Å². The first-order valence-electron chi connectivity index (χ1n) is 6.43. The van der Waals surface area contributed by atoms with Crippen LogP contribution >= 0.6 is 0 Å². The molecule has 0 unspecified atom stereocenters. The Morgan fingerprint density at radius 2 is 1.84 bits per heavy atom. The summed E-state index contributed by atoms with van der Waals surface area (Å²) >= 11 is 0. The van der Waals surface area contributed by atoms with E-state index in [9.17, 15) is 18.0 Å². The molecule has 0 aliphatic rings. The molecule has 0 aliphatic heterocycles. The summed E-state index contributed by atoms with van der Waals surface area (Å²) < 4.78 is 27.5. The Kier molecular flexibility index (Phi) is 9.42. The van der Waals surface area contributed by atoms with Crippen molar-refractivity contribution < 1.29 is 22.7 Å². The molecule has 0 aromatic heterocycles. The van der Waals surface area contributed by atoms with Crippen molar-refractivity contribution >= 4 is 21.6 Å². The Hall–Kier alpha value is -0.950. The first-order valence-corrected chi connectivity index (χ1v) is 8.25. The van der Waals surface area contributed by atoms with Gasteiger partial charge < -0.3 is 10.1 Å². The van der Waals surface area contributed by atoms with Gasteiger partial charge in [0.15, 0.2) is 9.84 Å². The van der Waals surface area contributed by atoms with Crippen LogP contribution in [0.4, 0.5) is 0 Å². The van der Waals surface area contributed by atoms with Gasteiger partial charge in [0.1, 0.15) is 11.5 Å². The van der Waals surface area contributed by atoms with Gasteiger partial charge in [0.25, 0.3) is 0 Å². The monoisotopic (exact) mass is 293 g/mol. The molecule has 0 fully saturated rings. The standard InChI is InChI=1S/C12H23NO5S/c1-3-18-12(15)7-5-4-6-8-13-10-19(16,17)9-11(2)14/h13H,3-10H2,1-2H3. The summed E-state index contributed by atoms with van der Waals surface area (Å²) in [5.41, 5.74) is 0. The lowest BCUT2D eigenvalue weighted by molar-refractivity contribution is -0.143. The van der Waals surface area contributed by atoms with E-state index < -0.39 is 15.6 Å². The summed E-state index contributed by atoms with van der Waals surface area (Å²) in [6, 6.07) is 0. The smallest absolute Gasteiger partial charge is 0.305 e. The first-order chi connectivity index (χ1) is 8.87. The van der Waals surface area contributed by atoms with Gasteiger partial charge in [-0.1, -0.05) is 6.42 Å². The Morgan fingerprint density at radius 3 is 2.42 bits per heavy atom. The van der Waals surface area contributed by atoms with Crippen molar-refractivity contribution in [1.82, 2.24) is 5.32 Å². The van der Waals surface area contributed by atoms with E-state index in [0.29, 0.717) is 19.6 Å². The Bertz CT molecular complexity index is 378. The van der Waals surface area contributed by atoms with E-state index >= 15 is 0 Å². The van der Waals surface area contributed by atoms with Crippen LogP contribution in [0.15, 0.2) is 0 Å². The van der Waals surface area contributed by atoms with Crippen LogP contribution in [-0.4, -0.2) is 45.0 Å². The predicted molar refractivity (Wildman–Crippen MR) is 72.4 cm³/mol. The van der Waals surface area contributed by atoms with Crippen LogP contribution in [0, 0.1) is 0 Å². The molecule has 0 rings (SSSR count). The molecule has 6 nitrogen and oxygen atoms in total. The second-order valence-electron chi connectivity index (χ2n) is 4.35. The fourth-order valence-corrected chi connectivity index (χ4v) is 2.69. The zero-order chi connectivity index (χ0) is 14.7. The number of carbonyl (C=O) groups is 2. The number of rotatable bonds is 11. The summed E-state index contributed by atoms with van der Waals surface area (Å²) in [5.74, 6) is -1.14. The molecule has 0 aromatic carbocycles. The summed E-state index contributed by atoms with van der Waals surface area (Å²) in [6.07, 6.45) is 2.75. The Balaban J connectivity index is 3.50. The minimum Gasteiger partial charge on any atom is -0.466 e. The molecule has 0 saturated heterocycles. The third-order valence-electron chi connectivity index (χ3n) is 2.28. The number of ether oxygens (including phenoxy) is 1. The zero-order valence-electron chi connectivity index (χ0n) is 11.6. The second-order valence-corrected chi connectivity index (χ2v) is 6.41. The van der Waals surface area contributed by atoms with E-state index in [0.717, 1.165) is 19.3 Å². The molecule has 0 saturated carbocycles. The van der Waals surface area contributed by atoms with Crippen LogP contribution in [0.5, 0.6) is 0 Å². The van der Waals surface area contributed by atoms with E-state index in [1.165, 1.54) is 6.92 Å². The molecule has 0 aromatic rings. The van der Waals surface area contributed by atoms with Crippen molar-refractivity contribution in [2.24, 2.45) is 0 Å². The largest absolute Gasteiger partial charge is 0.466 e. The molecule has 0 heterocycles. The van der Waals surface area contributed by atoms with E-state index in [4.69, 9.17) is 4.74 Å². The van der Waals surface area contributed by atoms with Crippen LogP contribution in [0.2, 0.25) is 0 Å². The highest BCUT2D eigenvalue weighted by atomic mass is 32.2. The van der Waals surface area contributed by atoms with Gasteiger partial charge in [-0.15, -0.1) is 0 Å². The highest BCUT2D eigenvalue weighted by Gasteiger charge is 2.12. The summed E-state index contributed by atoms with van der Waals surface area (Å²) in [4.78, 5) is 21.7. The molecular formula is C12H23NO5S. The van der Waals surface area contributed by atoms with Crippen molar-refractivity contribution in [3.05, 3.63) is 0 Å². The third-order valence-corrected chi connectivity index (χ3v) is 3.78. The number of unbranched alkanes of at least 4 members (excludes halogenated alkanes) is 2. The lowest BCUT2D eigenvalue weighted by Crippen LogP contribution is -2.28. The van der Waals surface area contributed by atoms with Gasteiger partial charge in [0.2, 0.25) is 0 Å². The van der Waals surface area contributed by atoms with Crippen molar-refractivity contribution in [3.63, 3.8) is 0 Å². The van der Waals surface area contributed by atoms with Gasteiger partial charge in [-0.3, -0.25) is 9.59 Å². The number of nitrogens with one attached hydrogen (secondary N) is 1. The number of hydrogen-bond acceptors (Lipinski definition) is 6. The number of ketones is 1. The number of esters is 1. The minimum atomic E-state index is -3.33. The molecule has 1 N–H and O–H groups in total. The average Bonchev–Trinajstić information content (AvgIpc) is 2.26. The zero-order valence-corrected chi connectivity index (χ0v) is 12.4. The summed E-state index contributed by atoms with van der Waals surface area (Å²) in [6.45, 7) is 3.98. The molecule has 0 bridgehead atoms.